The Kier molecular flexibility index (Phi) is 5.78. The second-order valence-corrected chi connectivity index (χ2v) is 9.22. The van der Waals surface area contributed by atoms with Crippen LogP contribution in [0.2, 0.25) is 0 Å². The average Bonchev–Trinajstić information content (AvgIpc) is 3.10. The molecule has 1 fully saturated rings. The van der Waals surface area contributed by atoms with Crippen LogP contribution in [0.25, 0.3) is 0 Å². The Morgan fingerprint density at radius 3 is 2.77 bits per heavy atom. The van der Waals surface area contributed by atoms with Crippen LogP contribution in [0.1, 0.15) is 24.3 Å². The zero-order valence-corrected chi connectivity index (χ0v) is 17.5. The van der Waals surface area contributed by atoms with Gasteiger partial charge in [0.1, 0.15) is 23.7 Å². The minimum absolute atomic E-state index is 0.0643. The highest BCUT2D eigenvalue weighted by molar-refractivity contribution is 7.92. The van der Waals surface area contributed by atoms with Gasteiger partial charge in [0.2, 0.25) is 0 Å². The van der Waals surface area contributed by atoms with Crippen LogP contribution in [0.4, 0.5) is 5.69 Å². The number of ether oxygens (including phenoxy) is 3. The maximum Gasteiger partial charge on any atom is 0.305 e. The van der Waals surface area contributed by atoms with E-state index >= 15 is 0 Å². The van der Waals surface area contributed by atoms with Crippen LogP contribution in [-0.4, -0.2) is 56.6 Å². The topological polar surface area (TPSA) is 131 Å². The van der Waals surface area contributed by atoms with E-state index in [0.29, 0.717) is 23.6 Å². The molecular weight excluding hydrogens is 426 g/mol. The molecule has 2 aliphatic heterocycles. The molecule has 0 aromatic heterocycles. The van der Waals surface area contributed by atoms with Crippen LogP contribution in [0.3, 0.4) is 0 Å². The number of carboxylic acids is 1. The van der Waals surface area contributed by atoms with Crippen molar-refractivity contribution in [3.05, 3.63) is 48.0 Å². The molecule has 0 bridgehead atoms. The van der Waals surface area contributed by atoms with E-state index in [1.54, 1.807) is 30.3 Å². The lowest BCUT2D eigenvalue weighted by molar-refractivity contribution is -0.153. The predicted octanol–water partition coefficient (Wildman–Crippen LogP) is 1.97. The number of fused-ring (bicyclic) bond motifs is 3. The summed E-state index contributed by atoms with van der Waals surface area (Å²) in [7, 11) is -2.39. The number of rotatable bonds is 7. The van der Waals surface area contributed by atoms with Crippen molar-refractivity contribution in [1.82, 2.24) is 0 Å². The number of nitrogens with one attached hydrogen (secondary N) is 1. The molecule has 31 heavy (non-hydrogen) atoms. The summed E-state index contributed by atoms with van der Waals surface area (Å²) in [5.74, 6) is -0.210. The number of sulfonamides is 1. The van der Waals surface area contributed by atoms with Gasteiger partial charge in [-0.25, -0.2) is 8.42 Å². The van der Waals surface area contributed by atoms with E-state index in [-0.39, 0.29) is 23.8 Å². The van der Waals surface area contributed by atoms with Crippen LogP contribution in [-0.2, 0) is 19.6 Å². The molecule has 0 spiro atoms. The third kappa shape index (κ3) is 4.32. The molecule has 0 amide bonds. The van der Waals surface area contributed by atoms with E-state index in [4.69, 9.17) is 19.3 Å². The molecule has 1 saturated heterocycles. The Morgan fingerprint density at radius 2 is 2.06 bits per heavy atom. The molecule has 10 heteroatoms. The van der Waals surface area contributed by atoms with Crippen molar-refractivity contribution < 1.29 is 37.6 Å². The maximum atomic E-state index is 12.8. The third-order valence-corrected chi connectivity index (χ3v) is 6.88. The zero-order valence-electron chi connectivity index (χ0n) is 16.7. The van der Waals surface area contributed by atoms with E-state index in [1.165, 1.54) is 19.2 Å². The molecule has 3 N–H and O–H groups in total. The lowest BCUT2D eigenvalue weighted by atomic mass is 9.84. The number of carbonyl (C=O) groups is 1. The fraction of sp³-hybridized carbons (Fsp3) is 0.381. The Balaban J connectivity index is 1.60. The molecule has 2 aromatic rings. The Bertz CT molecular complexity index is 1090. The van der Waals surface area contributed by atoms with Crippen molar-refractivity contribution in [2.75, 3.05) is 18.4 Å². The number of anilines is 1. The first-order valence-electron chi connectivity index (χ1n) is 9.76. The number of hydrogen-bond donors (Lipinski definition) is 3. The number of carboxylic acid groups (broad SMARTS) is 1. The lowest BCUT2D eigenvalue weighted by Gasteiger charge is -2.36. The van der Waals surface area contributed by atoms with Gasteiger partial charge < -0.3 is 24.4 Å². The fourth-order valence-corrected chi connectivity index (χ4v) is 5.21. The van der Waals surface area contributed by atoms with Gasteiger partial charge in [-0.15, -0.1) is 0 Å². The SMILES string of the molecule is COc1cccc(S(=O)(=O)Nc2ccc3c(c2)[C@@H]2C[C@@H](CC(=O)O)O[C@H](CO)[C@@H]2O3)c1. The van der Waals surface area contributed by atoms with Gasteiger partial charge in [-0.05, 0) is 36.8 Å². The number of methoxy groups -OCH3 is 1. The van der Waals surface area contributed by atoms with Gasteiger partial charge in [-0.1, -0.05) is 6.07 Å². The summed E-state index contributed by atoms with van der Waals surface area (Å²) in [5.41, 5.74) is 1.11. The highest BCUT2D eigenvalue weighted by Gasteiger charge is 2.46. The van der Waals surface area contributed by atoms with E-state index in [1.807, 2.05) is 0 Å². The molecule has 4 atom stereocenters. The van der Waals surface area contributed by atoms with Crippen molar-refractivity contribution in [1.29, 1.82) is 0 Å². The normalized spacial score (nSPS) is 24.6. The van der Waals surface area contributed by atoms with Crippen LogP contribution in [0.5, 0.6) is 11.5 Å². The third-order valence-electron chi connectivity index (χ3n) is 5.51. The monoisotopic (exact) mass is 449 g/mol. The van der Waals surface area contributed by atoms with Gasteiger partial charge >= 0.3 is 5.97 Å². The lowest BCUT2D eigenvalue weighted by Crippen LogP contribution is -2.46. The average molecular weight is 449 g/mol. The number of hydrogen-bond acceptors (Lipinski definition) is 7. The van der Waals surface area contributed by atoms with E-state index in [2.05, 4.69) is 4.72 Å². The van der Waals surface area contributed by atoms with Crippen LogP contribution in [0.15, 0.2) is 47.4 Å². The molecule has 4 rings (SSSR count). The van der Waals surface area contributed by atoms with Gasteiger partial charge in [0, 0.05) is 23.2 Å². The summed E-state index contributed by atoms with van der Waals surface area (Å²) < 4.78 is 44.9. The second-order valence-electron chi connectivity index (χ2n) is 7.54. The van der Waals surface area contributed by atoms with Gasteiger partial charge in [-0.3, -0.25) is 9.52 Å². The molecule has 166 valence electrons. The summed E-state index contributed by atoms with van der Waals surface area (Å²) in [6, 6.07) is 11.1. The zero-order chi connectivity index (χ0) is 22.2. The van der Waals surface area contributed by atoms with Gasteiger partial charge in [0.15, 0.2) is 0 Å². The van der Waals surface area contributed by atoms with Gasteiger partial charge in [0.25, 0.3) is 10.0 Å². The van der Waals surface area contributed by atoms with Crippen LogP contribution < -0.4 is 14.2 Å². The molecule has 2 aromatic carbocycles. The van der Waals surface area contributed by atoms with Crippen LogP contribution >= 0.6 is 0 Å². The predicted molar refractivity (Wildman–Crippen MR) is 110 cm³/mol. The highest BCUT2D eigenvalue weighted by atomic mass is 32.2. The van der Waals surface area contributed by atoms with Gasteiger partial charge in [0.05, 0.1) is 31.1 Å². The number of aliphatic hydroxyl groups is 1. The van der Waals surface area contributed by atoms with Crippen molar-refractivity contribution in [3.8, 4) is 11.5 Å². The molecule has 9 nitrogen and oxygen atoms in total. The smallest absolute Gasteiger partial charge is 0.305 e. The molecule has 0 saturated carbocycles. The summed E-state index contributed by atoms with van der Waals surface area (Å²) >= 11 is 0. The fourth-order valence-electron chi connectivity index (χ4n) is 4.13. The molecule has 0 aliphatic carbocycles. The Hall–Kier alpha value is -2.82. The minimum atomic E-state index is -3.85. The van der Waals surface area contributed by atoms with Crippen molar-refractivity contribution in [2.45, 2.75) is 42.0 Å². The molecule has 2 heterocycles. The van der Waals surface area contributed by atoms with E-state index in [0.717, 1.165) is 5.56 Å². The van der Waals surface area contributed by atoms with E-state index in [9.17, 15) is 18.3 Å². The van der Waals surface area contributed by atoms with Crippen molar-refractivity contribution in [2.24, 2.45) is 0 Å². The first-order chi connectivity index (χ1) is 14.8. The molecular formula is C21H23NO8S. The first kappa shape index (κ1) is 21.4. The molecule has 0 radical (unpaired) electrons. The minimum Gasteiger partial charge on any atom is -0.497 e. The molecule has 2 aliphatic rings. The summed E-state index contributed by atoms with van der Waals surface area (Å²) in [5, 5.41) is 18.8. The van der Waals surface area contributed by atoms with Crippen LogP contribution in [0, 0.1) is 0 Å². The number of benzene rings is 2. The molecule has 0 unspecified atom stereocenters. The highest BCUT2D eigenvalue weighted by Crippen LogP contribution is 2.47. The quantitative estimate of drug-likeness (QED) is 0.585. The van der Waals surface area contributed by atoms with Crippen molar-refractivity contribution >= 4 is 21.7 Å². The first-order valence-corrected chi connectivity index (χ1v) is 11.2. The number of aliphatic hydroxyl groups excluding tert-OH is 1. The summed E-state index contributed by atoms with van der Waals surface area (Å²) in [4.78, 5) is 11.2. The summed E-state index contributed by atoms with van der Waals surface area (Å²) in [6.07, 6.45) is -1.48. The Morgan fingerprint density at radius 1 is 1.26 bits per heavy atom. The standard InChI is InChI=1S/C21H23NO8S/c1-28-13-3-2-4-15(8-13)31(26,27)22-12-5-6-18-16(7-12)17-9-14(10-20(24)25)29-19(11-23)21(17)30-18/h2-8,14,17,19,21-23H,9-11H2,1H3,(H,24,25)/t14-,17-,19+,21+/m0/s1. The van der Waals surface area contributed by atoms with Crippen molar-refractivity contribution in [3.63, 3.8) is 0 Å². The second kappa shape index (κ2) is 8.37. The largest absolute Gasteiger partial charge is 0.497 e. The van der Waals surface area contributed by atoms with E-state index < -0.39 is 34.3 Å². The van der Waals surface area contributed by atoms with Gasteiger partial charge in [-0.2, -0.15) is 0 Å². The number of aliphatic carboxylic acids is 1. The summed E-state index contributed by atoms with van der Waals surface area (Å²) in [6.45, 7) is -0.305. The Labute approximate surface area is 179 Å². The maximum absolute atomic E-state index is 12.8.